The van der Waals surface area contributed by atoms with Crippen LogP contribution in [0.15, 0.2) is 0 Å². The van der Waals surface area contributed by atoms with E-state index in [2.05, 4.69) is 0 Å². The first-order valence-electron chi connectivity index (χ1n) is 4.05. The van der Waals surface area contributed by atoms with Gasteiger partial charge in [-0.1, -0.05) is 0 Å². The molecule has 0 aromatic heterocycles. The summed E-state index contributed by atoms with van der Waals surface area (Å²) in [6.07, 6.45) is 2.51. The van der Waals surface area contributed by atoms with Crippen molar-refractivity contribution in [1.29, 1.82) is 0 Å². The molecule has 1 aliphatic rings. The zero-order valence-corrected chi connectivity index (χ0v) is 6.75. The minimum absolute atomic E-state index is 0.309. The van der Waals surface area contributed by atoms with E-state index in [4.69, 9.17) is 9.84 Å². The Morgan fingerprint density at radius 1 is 1.64 bits per heavy atom. The van der Waals surface area contributed by atoms with Crippen molar-refractivity contribution < 1.29 is 14.6 Å². The summed E-state index contributed by atoms with van der Waals surface area (Å²) in [6, 6.07) is 0. The van der Waals surface area contributed by atoms with Crippen molar-refractivity contribution in [3.05, 3.63) is 0 Å². The second-order valence-corrected chi connectivity index (χ2v) is 3.01. The van der Waals surface area contributed by atoms with Crippen LogP contribution < -0.4 is 0 Å². The van der Waals surface area contributed by atoms with Crippen LogP contribution in [0, 0.1) is 5.92 Å². The Bertz CT molecular complexity index is 138. The van der Waals surface area contributed by atoms with Gasteiger partial charge in [-0.15, -0.1) is 0 Å². The molecule has 64 valence electrons. The van der Waals surface area contributed by atoms with E-state index in [0.717, 1.165) is 19.4 Å². The van der Waals surface area contributed by atoms with Crippen LogP contribution in [0.5, 0.6) is 0 Å². The van der Waals surface area contributed by atoms with Gasteiger partial charge in [0.2, 0.25) is 0 Å². The lowest BCUT2D eigenvalue weighted by Gasteiger charge is -2.33. The Balaban J connectivity index is 2.04. The average molecular weight is 158 g/mol. The topological polar surface area (TPSA) is 46.5 Å². The number of aliphatic carboxylic acids is 1. The molecule has 0 radical (unpaired) electrons. The van der Waals surface area contributed by atoms with Crippen LogP contribution >= 0.6 is 0 Å². The van der Waals surface area contributed by atoms with E-state index >= 15 is 0 Å². The molecule has 1 rings (SSSR count). The first kappa shape index (κ1) is 8.53. The molecular weight excluding hydrogens is 144 g/mol. The van der Waals surface area contributed by atoms with Crippen molar-refractivity contribution in [3.63, 3.8) is 0 Å². The number of carbonyl (C=O) groups is 1. The van der Waals surface area contributed by atoms with Crippen LogP contribution in [0.2, 0.25) is 0 Å². The SMILES string of the molecule is CCOC1CC(CC(=O)O)C1. The van der Waals surface area contributed by atoms with E-state index in [1.54, 1.807) is 0 Å². The summed E-state index contributed by atoms with van der Waals surface area (Å²) >= 11 is 0. The summed E-state index contributed by atoms with van der Waals surface area (Å²) in [5.74, 6) is -0.325. The van der Waals surface area contributed by atoms with Crippen LogP contribution in [0.4, 0.5) is 0 Å². The van der Waals surface area contributed by atoms with Crippen LogP contribution in [0.3, 0.4) is 0 Å². The van der Waals surface area contributed by atoms with Gasteiger partial charge in [0, 0.05) is 13.0 Å². The maximum atomic E-state index is 10.2. The molecule has 1 aliphatic carbocycles. The highest BCUT2D eigenvalue weighted by atomic mass is 16.5. The third kappa shape index (κ3) is 2.50. The number of hydrogen-bond donors (Lipinski definition) is 1. The molecule has 0 amide bonds. The van der Waals surface area contributed by atoms with Crippen molar-refractivity contribution in [1.82, 2.24) is 0 Å². The molecule has 0 unspecified atom stereocenters. The first-order valence-corrected chi connectivity index (χ1v) is 4.05. The van der Waals surface area contributed by atoms with E-state index in [9.17, 15) is 4.79 Å². The van der Waals surface area contributed by atoms with Gasteiger partial charge in [-0.25, -0.2) is 0 Å². The molecule has 0 saturated heterocycles. The largest absolute Gasteiger partial charge is 0.481 e. The Kier molecular flexibility index (Phi) is 2.88. The lowest BCUT2D eigenvalue weighted by atomic mass is 9.80. The molecule has 1 saturated carbocycles. The average Bonchev–Trinajstić information content (AvgIpc) is 1.82. The summed E-state index contributed by atoms with van der Waals surface area (Å²) in [7, 11) is 0. The van der Waals surface area contributed by atoms with Gasteiger partial charge in [0.1, 0.15) is 0 Å². The van der Waals surface area contributed by atoms with E-state index in [-0.39, 0.29) is 0 Å². The fourth-order valence-corrected chi connectivity index (χ4v) is 1.46. The van der Waals surface area contributed by atoms with Crippen molar-refractivity contribution in [3.8, 4) is 0 Å². The summed E-state index contributed by atoms with van der Waals surface area (Å²) in [5, 5.41) is 8.42. The maximum absolute atomic E-state index is 10.2. The molecule has 0 spiro atoms. The minimum Gasteiger partial charge on any atom is -0.481 e. The van der Waals surface area contributed by atoms with Crippen molar-refractivity contribution >= 4 is 5.97 Å². The summed E-state index contributed by atoms with van der Waals surface area (Å²) in [5.41, 5.74) is 0. The number of hydrogen-bond acceptors (Lipinski definition) is 2. The number of carboxylic acid groups (broad SMARTS) is 1. The van der Waals surface area contributed by atoms with Gasteiger partial charge in [-0.2, -0.15) is 0 Å². The van der Waals surface area contributed by atoms with Crippen LogP contribution in [0.1, 0.15) is 26.2 Å². The Morgan fingerprint density at radius 3 is 2.73 bits per heavy atom. The number of ether oxygens (including phenoxy) is 1. The van der Waals surface area contributed by atoms with Gasteiger partial charge in [0.15, 0.2) is 0 Å². The fraction of sp³-hybridized carbons (Fsp3) is 0.875. The molecule has 3 heteroatoms. The molecule has 0 aromatic rings. The van der Waals surface area contributed by atoms with E-state index in [0.29, 0.717) is 18.4 Å². The second-order valence-electron chi connectivity index (χ2n) is 3.01. The van der Waals surface area contributed by atoms with Crippen molar-refractivity contribution in [2.24, 2.45) is 5.92 Å². The number of rotatable bonds is 4. The lowest BCUT2D eigenvalue weighted by Crippen LogP contribution is -2.32. The van der Waals surface area contributed by atoms with Gasteiger partial charge in [0.25, 0.3) is 0 Å². The molecule has 0 atom stereocenters. The molecule has 0 heterocycles. The highest BCUT2D eigenvalue weighted by molar-refractivity contribution is 5.67. The third-order valence-electron chi connectivity index (χ3n) is 2.06. The third-order valence-corrected chi connectivity index (χ3v) is 2.06. The zero-order valence-electron chi connectivity index (χ0n) is 6.75. The number of carboxylic acids is 1. The predicted octanol–water partition coefficient (Wildman–Crippen LogP) is 1.28. The Labute approximate surface area is 66.4 Å². The molecule has 3 nitrogen and oxygen atoms in total. The minimum atomic E-state index is -0.690. The van der Waals surface area contributed by atoms with E-state index in [1.807, 2.05) is 6.92 Å². The van der Waals surface area contributed by atoms with Gasteiger partial charge in [-0.3, -0.25) is 4.79 Å². The van der Waals surface area contributed by atoms with Gasteiger partial charge in [0.05, 0.1) is 6.10 Å². The molecule has 1 fully saturated rings. The van der Waals surface area contributed by atoms with Crippen molar-refractivity contribution in [2.45, 2.75) is 32.3 Å². The Hall–Kier alpha value is -0.570. The predicted molar refractivity (Wildman–Crippen MR) is 40.4 cm³/mol. The maximum Gasteiger partial charge on any atom is 0.303 e. The highest BCUT2D eigenvalue weighted by Gasteiger charge is 2.30. The van der Waals surface area contributed by atoms with Gasteiger partial charge in [-0.05, 0) is 25.7 Å². The standard InChI is InChI=1S/C8H14O3/c1-2-11-7-3-6(4-7)5-8(9)10/h6-7H,2-5H2,1H3,(H,9,10). The first-order chi connectivity index (χ1) is 5.22. The zero-order chi connectivity index (χ0) is 8.27. The fourth-order valence-electron chi connectivity index (χ4n) is 1.46. The van der Waals surface area contributed by atoms with E-state index in [1.165, 1.54) is 0 Å². The van der Waals surface area contributed by atoms with Crippen molar-refractivity contribution in [2.75, 3.05) is 6.61 Å². The highest BCUT2D eigenvalue weighted by Crippen LogP contribution is 2.32. The molecule has 0 aliphatic heterocycles. The van der Waals surface area contributed by atoms with Crippen LogP contribution in [-0.2, 0) is 9.53 Å². The summed E-state index contributed by atoms with van der Waals surface area (Å²) in [4.78, 5) is 10.2. The molecule has 0 bridgehead atoms. The molecule has 11 heavy (non-hydrogen) atoms. The smallest absolute Gasteiger partial charge is 0.303 e. The van der Waals surface area contributed by atoms with Gasteiger partial charge >= 0.3 is 5.97 Å². The summed E-state index contributed by atoms with van der Waals surface area (Å²) in [6.45, 7) is 2.70. The molecular formula is C8H14O3. The summed E-state index contributed by atoms with van der Waals surface area (Å²) < 4.78 is 5.30. The normalized spacial score (nSPS) is 29.5. The quantitative estimate of drug-likeness (QED) is 0.670. The second kappa shape index (κ2) is 3.72. The molecule has 0 aromatic carbocycles. The van der Waals surface area contributed by atoms with Crippen LogP contribution in [0.25, 0.3) is 0 Å². The molecule has 1 N–H and O–H groups in total. The lowest BCUT2D eigenvalue weighted by molar-refractivity contribution is -0.140. The Morgan fingerprint density at radius 2 is 2.27 bits per heavy atom. The van der Waals surface area contributed by atoms with Gasteiger partial charge < -0.3 is 9.84 Å². The monoisotopic (exact) mass is 158 g/mol. The van der Waals surface area contributed by atoms with Crippen LogP contribution in [-0.4, -0.2) is 23.8 Å². The van der Waals surface area contributed by atoms with E-state index < -0.39 is 5.97 Å².